The number of halogens is 2. The Morgan fingerprint density at radius 1 is 1.62 bits per heavy atom. The summed E-state index contributed by atoms with van der Waals surface area (Å²) in [5.41, 5.74) is 0. The lowest BCUT2D eigenvalue weighted by molar-refractivity contribution is 0.204. The normalized spacial score (nSPS) is 14.6. The minimum Gasteiger partial charge on any atom is -0.612 e. The molecule has 0 amide bonds. The van der Waals surface area contributed by atoms with Crippen LogP contribution in [0.4, 0.5) is 8.78 Å². The highest BCUT2D eigenvalue weighted by atomic mass is 32.2. The maximum atomic E-state index is 11.2. The molecule has 0 spiro atoms. The zero-order valence-corrected chi connectivity index (χ0v) is 4.79. The summed E-state index contributed by atoms with van der Waals surface area (Å²) in [6.07, 6.45) is 0. The smallest absolute Gasteiger partial charge is 0.397 e. The molecule has 0 aromatic rings. The second-order valence-electron chi connectivity index (χ2n) is 1.05. The Morgan fingerprint density at radius 2 is 2.12 bits per heavy atom. The van der Waals surface area contributed by atoms with Crippen LogP contribution in [-0.2, 0) is 16.3 Å². The fourth-order valence-corrected chi connectivity index (χ4v) is 0.514. The standard InChI is InChI=1S/C3H5F2O2S/c4-3(5)8(7)2-1-6/h3H,1-2H2. The zero-order chi connectivity index (χ0) is 6.57. The molecule has 0 saturated carbocycles. The van der Waals surface area contributed by atoms with E-state index in [1.807, 2.05) is 0 Å². The molecule has 0 aliphatic carbocycles. The van der Waals surface area contributed by atoms with Crippen molar-refractivity contribution in [3.63, 3.8) is 0 Å². The Bertz CT molecular complexity index is 61.2. The van der Waals surface area contributed by atoms with E-state index in [1.54, 1.807) is 0 Å². The molecule has 1 radical (unpaired) electrons. The van der Waals surface area contributed by atoms with Gasteiger partial charge in [0.1, 0.15) is 12.4 Å². The summed E-state index contributed by atoms with van der Waals surface area (Å²) < 4.78 is 32.3. The van der Waals surface area contributed by atoms with Gasteiger partial charge >= 0.3 is 5.76 Å². The van der Waals surface area contributed by atoms with Gasteiger partial charge in [-0.3, -0.25) is 0 Å². The van der Waals surface area contributed by atoms with Crippen LogP contribution in [0.1, 0.15) is 0 Å². The molecule has 1 atom stereocenters. The van der Waals surface area contributed by atoms with Crippen LogP contribution < -0.4 is 0 Å². The van der Waals surface area contributed by atoms with Gasteiger partial charge in [0.15, 0.2) is 0 Å². The summed E-state index contributed by atoms with van der Waals surface area (Å²) in [6, 6.07) is 0. The van der Waals surface area contributed by atoms with Crippen LogP contribution in [0.15, 0.2) is 0 Å². The predicted molar refractivity (Wildman–Crippen MR) is 24.6 cm³/mol. The van der Waals surface area contributed by atoms with Crippen molar-refractivity contribution in [3.05, 3.63) is 0 Å². The van der Waals surface area contributed by atoms with E-state index in [2.05, 4.69) is 0 Å². The summed E-state index contributed by atoms with van der Waals surface area (Å²) in [5, 5.41) is 9.52. The van der Waals surface area contributed by atoms with Gasteiger partial charge in [-0.25, -0.2) is 5.11 Å². The third kappa shape index (κ3) is 3.17. The van der Waals surface area contributed by atoms with Crippen molar-refractivity contribution in [2.45, 2.75) is 5.76 Å². The molecule has 0 saturated heterocycles. The van der Waals surface area contributed by atoms with Gasteiger partial charge in [-0.15, -0.1) is 0 Å². The molecule has 0 aromatic carbocycles. The van der Waals surface area contributed by atoms with E-state index in [0.29, 0.717) is 0 Å². The van der Waals surface area contributed by atoms with E-state index in [-0.39, 0.29) is 0 Å². The monoisotopic (exact) mass is 143 g/mol. The summed E-state index contributed by atoms with van der Waals surface area (Å²) >= 11 is -2.22. The minimum absolute atomic E-state index is 0.447. The van der Waals surface area contributed by atoms with E-state index in [4.69, 9.17) is 0 Å². The highest BCUT2D eigenvalue weighted by molar-refractivity contribution is 7.91. The second-order valence-corrected chi connectivity index (χ2v) is 2.58. The molecule has 2 nitrogen and oxygen atoms in total. The summed E-state index contributed by atoms with van der Waals surface area (Å²) in [7, 11) is 0. The third-order valence-electron chi connectivity index (χ3n) is 0.483. The SMILES string of the molecule is [O]CC[S+]([O-])C(F)F. The lowest BCUT2D eigenvalue weighted by atomic mass is 10.9. The van der Waals surface area contributed by atoms with Crippen molar-refractivity contribution < 1.29 is 18.4 Å². The summed E-state index contributed by atoms with van der Waals surface area (Å²) in [5.74, 6) is -3.30. The van der Waals surface area contributed by atoms with Gasteiger partial charge in [0.2, 0.25) is 0 Å². The molecule has 0 N–H and O–H groups in total. The highest BCUT2D eigenvalue weighted by Crippen LogP contribution is 2.03. The Balaban J connectivity index is 3.17. The van der Waals surface area contributed by atoms with Crippen molar-refractivity contribution in [2.24, 2.45) is 0 Å². The van der Waals surface area contributed by atoms with Crippen molar-refractivity contribution in [2.75, 3.05) is 12.4 Å². The average molecular weight is 143 g/mol. The molecular weight excluding hydrogens is 138 g/mol. The highest BCUT2D eigenvalue weighted by Gasteiger charge is 2.18. The molecule has 0 rings (SSSR count). The molecule has 0 heterocycles. The topological polar surface area (TPSA) is 43.0 Å². The van der Waals surface area contributed by atoms with E-state index in [1.165, 1.54) is 0 Å². The number of rotatable bonds is 3. The first-order chi connectivity index (χ1) is 3.68. The van der Waals surface area contributed by atoms with Gasteiger partial charge in [-0.1, -0.05) is 0 Å². The molecular formula is C3H5F2O2S. The van der Waals surface area contributed by atoms with Crippen LogP contribution >= 0.6 is 0 Å². The van der Waals surface area contributed by atoms with Crippen LogP contribution in [0, 0.1) is 0 Å². The van der Waals surface area contributed by atoms with Crippen LogP contribution in [0.5, 0.6) is 0 Å². The van der Waals surface area contributed by atoms with Crippen molar-refractivity contribution in [1.29, 1.82) is 0 Å². The third-order valence-corrected chi connectivity index (χ3v) is 1.45. The first-order valence-corrected chi connectivity index (χ1v) is 3.30. The summed E-state index contributed by atoms with van der Waals surface area (Å²) in [4.78, 5) is 0. The Kier molecular flexibility index (Phi) is 4.12. The molecule has 49 valence electrons. The molecule has 0 aliphatic heterocycles. The minimum atomic E-state index is -2.86. The number of hydrogen-bond donors (Lipinski definition) is 0. The van der Waals surface area contributed by atoms with Crippen molar-refractivity contribution >= 4 is 11.2 Å². The van der Waals surface area contributed by atoms with Gasteiger partial charge in [-0.2, -0.15) is 8.78 Å². The van der Waals surface area contributed by atoms with Crippen molar-refractivity contribution in [3.8, 4) is 0 Å². The van der Waals surface area contributed by atoms with Gasteiger partial charge in [0.25, 0.3) is 0 Å². The van der Waals surface area contributed by atoms with Gasteiger partial charge in [-0.05, 0) is 0 Å². The van der Waals surface area contributed by atoms with Gasteiger partial charge in [0, 0.05) is 11.2 Å². The van der Waals surface area contributed by atoms with E-state index < -0.39 is 29.3 Å². The molecule has 1 unspecified atom stereocenters. The Hall–Kier alpha value is 0.130. The van der Waals surface area contributed by atoms with Crippen molar-refractivity contribution in [1.82, 2.24) is 0 Å². The van der Waals surface area contributed by atoms with E-state index >= 15 is 0 Å². The van der Waals surface area contributed by atoms with E-state index in [0.717, 1.165) is 0 Å². The van der Waals surface area contributed by atoms with Gasteiger partial charge in [0.05, 0.1) is 0 Å². The number of alkyl halides is 2. The van der Waals surface area contributed by atoms with Gasteiger partial charge < -0.3 is 4.55 Å². The maximum Gasteiger partial charge on any atom is 0.397 e. The largest absolute Gasteiger partial charge is 0.612 e. The second kappa shape index (κ2) is 4.05. The molecule has 8 heavy (non-hydrogen) atoms. The first-order valence-electron chi connectivity index (χ1n) is 1.92. The van der Waals surface area contributed by atoms with Crippen LogP contribution in [0.25, 0.3) is 0 Å². The maximum absolute atomic E-state index is 11.2. The van der Waals surface area contributed by atoms with Crippen LogP contribution in [-0.4, -0.2) is 22.7 Å². The predicted octanol–water partition coefficient (Wildman–Crippen LogP) is 0.388. The first kappa shape index (κ1) is 8.13. The lowest BCUT2D eigenvalue weighted by Crippen LogP contribution is -2.17. The fourth-order valence-electron chi connectivity index (χ4n) is 0.171. The number of hydrogen-bond acceptors (Lipinski definition) is 1. The Labute approximate surface area is 48.7 Å². The quantitative estimate of drug-likeness (QED) is 0.527. The molecule has 0 fully saturated rings. The van der Waals surface area contributed by atoms with Crippen LogP contribution in [0.2, 0.25) is 0 Å². The molecule has 0 aliphatic rings. The Morgan fingerprint density at radius 3 is 2.25 bits per heavy atom. The molecule has 0 bridgehead atoms. The lowest BCUT2D eigenvalue weighted by Gasteiger charge is -2.04. The average Bonchev–Trinajstić information content (AvgIpc) is 1.67. The molecule has 5 heteroatoms. The fraction of sp³-hybridized carbons (Fsp3) is 1.00. The summed E-state index contributed by atoms with van der Waals surface area (Å²) in [6.45, 7) is -0.697. The van der Waals surface area contributed by atoms with Crippen LogP contribution in [0.3, 0.4) is 0 Å². The zero-order valence-electron chi connectivity index (χ0n) is 3.97. The molecule has 0 aromatic heterocycles. The van der Waals surface area contributed by atoms with E-state index in [9.17, 15) is 18.4 Å².